The molecule has 0 N–H and O–H groups in total. The van der Waals surface area contributed by atoms with Gasteiger partial charge in [-0.2, -0.15) is 0 Å². The summed E-state index contributed by atoms with van der Waals surface area (Å²) in [6, 6.07) is 12.2. The number of aromatic nitrogens is 1. The molecule has 0 radical (unpaired) electrons. The van der Waals surface area contributed by atoms with Gasteiger partial charge in [0.05, 0.1) is 18.4 Å². The van der Waals surface area contributed by atoms with E-state index in [-0.39, 0.29) is 18.9 Å². The standard InChI is InChI=1S/C25H24ClNO6/c1-5-30-23(28)20-12-18-19(27(20)24(29)33-25(2,3)4)7-6-8-21(18)31-13-15-14-32-22-10-9-16(26)11-17(15)22/h6-12,14H,5,13H2,1-4H3. The number of benzene rings is 2. The number of carbonyl (C=O) groups excluding carboxylic acids is 2. The van der Waals surface area contributed by atoms with Crippen molar-refractivity contribution >= 4 is 45.5 Å². The van der Waals surface area contributed by atoms with Crippen LogP contribution < -0.4 is 4.74 Å². The lowest BCUT2D eigenvalue weighted by molar-refractivity contribution is 0.0454. The van der Waals surface area contributed by atoms with Gasteiger partial charge in [0.25, 0.3) is 0 Å². The number of hydrogen-bond acceptors (Lipinski definition) is 6. The second-order valence-corrected chi connectivity index (χ2v) is 8.88. The maximum atomic E-state index is 13.0. The quantitative estimate of drug-likeness (QED) is 0.307. The zero-order chi connectivity index (χ0) is 23.8. The first kappa shape index (κ1) is 22.7. The van der Waals surface area contributed by atoms with Crippen molar-refractivity contribution in [1.82, 2.24) is 4.57 Å². The minimum Gasteiger partial charge on any atom is -0.488 e. The Morgan fingerprint density at radius 2 is 1.88 bits per heavy atom. The van der Waals surface area contributed by atoms with Gasteiger partial charge in [-0.25, -0.2) is 14.2 Å². The normalized spacial score (nSPS) is 11.7. The minimum absolute atomic E-state index is 0.0673. The third kappa shape index (κ3) is 4.68. The molecule has 0 fully saturated rings. The fourth-order valence-corrected chi connectivity index (χ4v) is 3.68. The van der Waals surface area contributed by atoms with Crippen LogP contribution in [-0.4, -0.2) is 28.8 Å². The summed E-state index contributed by atoms with van der Waals surface area (Å²) in [7, 11) is 0. The molecule has 2 heterocycles. The Balaban J connectivity index is 1.73. The van der Waals surface area contributed by atoms with Crippen LogP contribution in [0.4, 0.5) is 4.79 Å². The van der Waals surface area contributed by atoms with Crippen LogP contribution in [0.2, 0.25) is 5.02 Å². The van der Waals surface area contributed by atoms with Gasteiger partial charge < -0.3 is 18.6 Å². The maximum absolute atomic E-state index is 13.0. The van der Waals surface area contributed by atoms with Crippen LogP contribution in [0, 0.1) is 0 Å². The molecule has 0 atom stereocenters. The third-order valence-electron chi connectivity index (χ3n) is 4.87. The molecule has 4 aromatic rings. The molecule has 0 aliphatic heterocycles. The van der Waals surface area contributed by atoms with Gasteiger partial charge in [-0.3, -0.25) is 0 Å². The molecule has 7 nitrogen and oxygen atoms in total. The molecule has 0 saturated heterocycles. The molecule has 172 valence electrons. The molecule has 0 spiro atoms. The molecular formula is C25H24ClNO6. The van der Waals surface area contributed by atoms with E-state index in [1.807, 2.05) is 6.07 Å². The van der Waals surface area contributed by atoms with Crippen molar-refractivity contribution in [3.63, 3.8) is 0 Å². The topological polar surface area (TPSA) is 79.9 Å². The van der Waals surface area contributed by atoms with Crippen molar-refractivity contribution in [3.8, 4) is 5.75 Å². The predicted octanol–water partition coefficient (Wildman–Crippen LogP) is 6.58. The van der Waals surface area contributed by atoms with Gasteiger partial charge in [-0.15, -0.1) is 0 Å². The Hall–Kier alpha value is -3.45. The lowest BCUT2D eigenvalue weighted by Crippen LogP contribution is -2.29. The number of fused-ring (bicyclic) bond motifs is 2. The van der Waals surface area contributed by atoms with E-state index >= 15 is 0 Å². The first-order valence-corrected chi connectivity index (χ1v) is 10.9. The number of esters is 1. The summed E-state index contributed by atoms with van der Waals surface area (Å²) in [6.07, 6.45) is 0.949. The number of rotatable bonds is 5. The Morgan fingerprint density at radius 1 is 1.09 bits per heavy atom. The van der Waals surface area contributed by atoms with Gasteiger partial charge in [-0.1, -0.05) is 17.7 Å². The van der Waals surface area contributed by atoms with Crippen LogP contribution >= 0.6 is 11.6 Å². The average Bonchev–Trinajstić information content (AvgIpc) is 3.32. The number of ether oxygens (including phenoxy) is 3. The van der Waals surface area contributed by atoms with Crippen molar-refractivity contribution < 1.29 is 28.2 Å². The number of halogens is 1. The van der Waals surface area contributed by atoms with Gasteiger partial charge in [0, 0.05) is 21.4 Å². The van der Waals surface area contributed by atoms with Gasteiger partial charge >= 0.3 is 12.1 Å². The molecule has 0 aliphatic rings. The molecule has 0 saturated carbocycles. The molecule has 0 bridgehead atoms. The van der Waals surface area contributed by atoms with Gasteiger partial charge in [0.1, 0.15) is 29.2 Å². The largest absolute Gasteiger partial charge is 0.488 e. The lowest BCUT2D eigenvalue weighted by Gasteiger charge is -2.20. The molecule has 0 amide bonds. The Labute approximate surface area is 195 Å². The first-order valence-electron chi connectivity index (χ1n) is 10.5. The van der Waals surface area contributed by atoms with Crippen LogP contribution in [-0.2, 0) is 16.1 Å². The van der Waals surface area contributed by atoms with E-state index in [0.29, 0.717) is 27.3 Å². The molecule has 0 aliphatic carbocycles. The summed E-state index contributed by atoms with van der Waals surface area (Å²) in [5.41, 5.74) is 1.33. The fraction of sp³-hybridized carbons (Fsp3) is 0.280. The van der Waals surface area contributed by atoms with Crippen LogP contribution in [0.5, 0.6) is 5.75 Å². The van der Waals surface area contributed by atoms with E-state index in [1.165, 1.54) is 4.57 Å². The molecule has 4 rings (SSSR count). The molecule has 33 heavy (non-hydrogen) atoms. The molecule has 2 aromatic heterocycles. The Bertz CT molecular complexity index is 1340. The lowest BCUT2D eigenvalue weighted by atomic mass is 10.2. The minimum atomic E-state index is -0.739. The van der Waals surface area contributed by atoms with Crippen molar-refractivity contribution in [1.29, 1.82) is 0 Å². The van der Waals surface area contributed by atoms with Gasteiger partial charge in [0.15, 0.2) is 0 Å². The highest BCUT2D eigenvalue weighted by Crippen LogP contribution is 2.32. The first-order chi connectivity index (χ1) is 15.7. The zero-order valence-corrected chi connectivity index (χ0v) is 19.6. The molecule has 8 heteroatoms. The van der Waals surface area contributed by atoms with E-state index in [9.17, 15) is 9.59 Å². The van der Waals surface area contributed by atoms with E-state index < -0.39 is 17.7 Å². The number of furan rings is 1. The average molecular weight is 470 g/mol. The Kier molecular flexibility index (Phi) is 6.08. The summed E-state index contributed by atoms with van der Waals surface area (Å²) in [5, 5.41) is 2.03. The van der Waals surface area contributed by atoms with Crippen LogP contribution in [0.3, 0.4) is 0 Å². The van der Waals surface area contributed by atoms with Gasteiger partial charge in [0.2, 0.25) is 0 Å². The highest BCUT2D eigenvalue weighted by atomic mass is 35.5. The summed E-state index contributed by atoms with van der Waals surface area (Å²) in [5.74, 6) is -0.127. The van der Waals surface area contributed by atoms with Crippen LogP contribution in [0.15, 0.2) is 53.1 Å². The summed E-state index contributed by atoms with van der Waals surface area (Å²) >= 11 is 6.12. The van der Waals surface area contributed by atoms with Crippen molar-refractivity contribution in [3.05, 3.63) is 65.0 Å². The van der Waals surface area contributed by atoms with Crippen molar-refractivity contribution in [2.75, 3.05) is 6.61 Å². The summed E-state index contributed by atoms with van der Waals surface area (Å²) in [4.78, 5) is 25.6. The van der Waals surface area contributed by atoms with Crippen LogP contribution in [0.1, 0.15) is 43.7 Å². The highest BCUT2D eigenvalue weighted by Gasteiger charge is 2.27. The molecular weight excluding hydrogens is 446 g/mol. The predicted molar refractivity (Wildman–Crippen MR) is 125 cm³/mol. The summed E-state index contributed by atoms with van der Waals surface area (Å²) in [6.45, 7) is 7.37. The molecule has 2 aromatic carbocycles. The van der Waals surface area contributed by atoms with E-state index in [2.05, 4.69) is 0 Å². The van der Waals surface area contributed by atoms with Crippen molar-refractivity contribution in [2.24, 2.45) is 0 Å². The van der Waals surface area contributed by atoms with Gasteiger partial charge in [-0.05, 0) is 64.1 Å². The van der Waals surface area contributed by atoms with E-state index in [4.69, 9.17) is 30.2 Å². The second-order valence-electron chi connectivity index (χ2n) is 8.44. The SMILES string of the molecule is CCOC(=O)c1cc2c(OCc3coc4ccc(Cl)cc34)cccc2n1C(=O)OC(C)(C)C. The Morgan fingerprint density at radius 3 is 2.61 bits per heavy atom. The fourth-order valence-electron chi connectivity index (χ4n) is 3.51. The van der Waals surface area contributed by atoms with Crippen molar-refractivity contribution in [2.45, 2.75) is 39.9 Å². The van der Waals surface area contributed by atoms with Crippen LogP contribution in [0.25, 0.3) is 21.9 Å². The smallest absolute Gasteiger partial charge is 0.419 e. The highest BCUT2D eigenvalue weighted by molar-refractivity contribution is 6.31. The summed E-state index contributed by atoms with van der Waals surface area (Å²) < 4.78 is 23.6. The zero-order valence-electron chi connectivity index (χ0n) is 18.8. The number of carbonyl (C=O) groups is 2. The number of nitrogens with zero attached hydrogens (tertiary/aromatic N) is 1. The number of hydrogen-bond donors (Lipinski definition) is 0. The third-order valence-corrected chi connectivity index (χ3v) is 5.10. The maximum Gasteiger partial charge on any atom is 0.419 e. The second kappa shape index (κ2) is 8.83. The van der Waals surface area contributed by atoms with E-state index in [1.54, 1.807) is 70.4 Å². The monoisotopic (exact) mass is 469 g/mol. The molecule has 0 unspecified atom stereocenters. The van der Waals surface area contributed by atoms with E-state index in [0.717, 1.165) is 10.9 Å².